The van der Waals surface area contributed by atoms with Crippen LogP contribution in [-0.2, 0) is 0 Å². The topological polar surface area (TPSA) is 52.0 Å². The molecule has 0 aromatic carbocycles. The Morgan fingerprint density at radius 2 is 2.00 bits per heavy atom. The van der Waals surface area contributed by atoms with Crippen molar-refractivity contribution in [1.82, 2.24) is 15.5 Å². The molecule has 1 aliphatic heterocycles. The Labute approximate surface area is 85.3 Å². The zero-order chi connectivity index (χ0) is 10.6. The molecular formula is C9H19N5. The van der Waals surface area contributed by atoms with Crippen molar-refractivity contribution in [2.24, 2.45) is 9.98 Å². The molecule has 0 saturated carbocycles. The minimum atomic E-state index is -0.00648. The average Bonchev–Trinajstić information content (AvgIpc) is 2.18. The summed E-state index contributed by atoms with van der Waals surface area (Å²) in [5.41, 5.74) is 0. The summed E-state index contributed by atoms with van der Waals surface area (Å²) in [5.74, 6) is 1.74. The first-order chi connectivity index (χ1) is 6.69. The van der Waals surface area contributed by atoms with Gasteiger partial charge < -0.3 is 10.6 Å². The van der Waals surface area contributed by atoms with Crippen LogP contribution in [0.4, 0.5) is 0 Å². The van der Waals surface area contributed by atoms with E-state index in [1.807, 2.05) is 25.9 Å². The Morgan fingerprint density at radius 1 is 1.36 bits per heavy atom. The van der Waals surface area contributed by atoms with Crippen LogP contribution < -0.4 is 10.6 Å². The maximum Gasteiger partial charge on any atom is 0.202 e. The molecule has 2 N–H and O–H groups in total. The van der Waals surface area contributed by atoms with E-state index >= 15 is 0 Å². The average molecular weight is 197 g/mol. The summed E-state index contributed by atoms with van der Waals surface area (Å²) in [6, 6.07) is 0. The molecule has 0 aliphatic carbocycles. The minimum Gasteiger partial charge on any atom is -0.359 e. The fourth-order valence-electron chi connectivity index (χ4n) is 1.29. The van der Waals surface area contributed by atoms with E-state index in [0.717, 1.165) is 24.9 Å². The highest BCUT2D eigenvalue weighted by atomic mass is 15.4. The third kappa shape index (κ3) is 2.37. The molecule has 1 atom stereocenters. The lowest BCUT2D eigenvalue weighted by atomic mass is 10.4. The van der Waals surface area contributed by atoms with Crippen LogP contribution in [0.2, 0.25) is 0 Å². The second-order valence-electron chi connectivity index (χ2n) is 3.27. The molecule has 0 bridgehead atoms. The Morgan fingerprint density at radius 3 is 2.57 bits per heavy atom. The molecule has 5 nitrogen and oxygen atoms in total. The van der Waals surface area contributed by atoms with Crippen LogP contribution in [0, 0.1) is 0 Å². The van der Waals surface area contributed by atoms with E-state index in [9.17, 15) is 0 Å². The maximum atomic E-state index is 4.40. The Kier molecular flexibility index (Phi) is 3.73. The van der Waals surface area contributed by atoms with E-state index in [-0.39, 0.29) is 6.17 Å². The van der Waals surface area contributed by atoms with Gasteiger partial charge in [0, 0.05) is 20.6 Å². The predicted molar refractivity (Wildman–Crippen MR) is 59.4 cm³/mol. The lowest BCUT2D eigenvalue weighted by Gasteiger charge is -2.28. The zero-order valence-corrected chi connectivity index (χ0v) is 9.33. The molecule has 0 saturated heterocycles. The van der Waals surface area contributed by atoms with Gasteiger partial charge in [-0.05, 0) is 13.3 Å². The molecule has 0 aromatic heterocycles. The normalized spacial score (nSPS) is 21.4. The quantitative estimate of drug-likeness (QED) is 0.665. The maximum absolute atomic E-state index is 4.40. The number of hydrogen-bond acceptors (Lipinski definition) is 5. The fraction of sp³-hybridized carbons (Fsp3) is 0.778. The molecule has 1 rings (SSSR count). The van der Waals surface area contributed by atoms with Gasteiger partial charge in [-0.1, -0.05) is 6.92 Å². The van der Waals surface area contributed by atoms with Crippen LogP contribution >= 0.6 is 0 Å². The fourth-order valence-corrected chi connectivity index (χ4v) is 1.29. The highest BCUT2D eigenvalue weighted by molar-refractivity contribution is 5.99. The van der Waals surface area contributed by atoms with E-state index in [1.54, 1.807) is 0 Å². The van der Waals surface area contributed by atoms with Crippen LogP contribution in [0.3, 0.4) is 0 Å². The zero-order valence-electron chi connectivity index (χ0n) is 9.33. The first kappa shape index (κ1) is 10.8. The van der Waals surface area contributed by atoms with E-state index in [2.05, 4.69) is 27.5 Å². The summed E-state index contributed by atoms with van der Waals surface area (Å²) in [6.07, 6.45) is 1.08. The summed E-state index contributed by atoms with van der Waals surface area (Å²) in [4.78, 5) is 10.7. The SMILES string of the molecule is CCCNC1=NC(C)N=C(NC)N1C. The summed E-state index contributed by atoms with van der Waals surface area (Å²) >= 11 is 0. The molecule has 14 heavy (non-hydrogen) atoms. The first-order valence-corrected chi connectivity index (χ1v) is 5.00. The Balaban J connectivity index is 2.66. The van der Waals surface area contributed by atoms with Crippen molar-refractivity contribution in [1.29, 1.82) is 0 Å². The van der Waals surface area contributed by atoms with Crippen molar-refractivity contribution < 1.29 is 0 Å². The Bertz CT molecular complexity index is 246. The number of guanidine groups is 2. The van der Waals surface area contributed by atoms with Crippen molar-refractivity contribution in [3.05, 3.63) is 0 Å². The van der Waals surface area contributed by atoms with E-state index in [1.165, 1.54) is 0 Å². The lowest BCUT2D eigenvalue weighted by Crippen LogP contribution is -2.50. The van der Waals surface area contributed by atoms with E-state index < -0.39 is 0 Å². The Hall–Kier alpha value is -1.26. The summed E-state index contributed by atoms with van der Waals surface area (Å²) in [5, 5.41) is 6.32. The van der Waals surface area contributed by atoms with Gasteiger partial charge in [0.1, 0.15) is 6.17 Å². The van der Waals surface area contributed by atoms with Crippen molar-refractivity contribution in [3.63, 3.8) is 0 Å². The van der Waals surface area contributed by atoms with Gasteiger partial charge in [0.05, 0.1) is 0 Å². The third-order valence-corrected chi connectivity index (χ3v) is 2.01. The molecule has 0 spiro atoms. The van der Waals surface area contributed by atoms with Crippen molar-refractivity contribution in [2.75, 3.05) is 20.6 Å². The summed E-state index contributed by atoms with van der Waals surface area (Å²) in [6.45, 7) is 5.04. The molecule has 0 radical (unpaired) electrons. The van der Waals surface area contributed by atoms with Crippen LogP contribution in [0.15, 0.2) is 9.98 Å². The van der Waals surface area contributed by atoms with Crippen LogP contribution in [0.5, 0.6) is 0 Å². The van der Waals surface area contributed by atoms with E-state index in [4.69, 9.17) is 0 Å². The van der Waals surface area contributed by atoms with Gasteiger partial charge in [-0.25, -0.2) is 9.98 Å². The summed E-state index contributed by atoms with van der Waals surface area (Å²) < 4.78 is 0. The van der Waals surface area contributed by atoms with Crippen molar-refractivity contribution in [3.8, 4) is 0 Å². The second kappa shape index (κ2) is 4.83. The van der Waals surface area contributed by atoms with E-state index in [0.29, 0.717) is 0 Å². The second-order valence-corrected chi connectivity index (χ2v) is 3.27. The van der Waals surface area contributed by atoms with Crippen molar-refractivity contribution >= 4 is 11.9 Å². The van der Waals surface area contributed by atoms with Crippen LogP contribution in [0.25, 0.3) is 0 Å². The van der Waals surface area contributed by atoms with Gasteiger partial charge in [0.15, 0.2) is 0 Å². The molecule has 0 fully saturated rings. The van der Waals surface area contributed by atoms with Gasteiger partial charge in [-0.3, -0.25) is 4.90 Å². The molecule has 1 aliphatic rings. The largest absolute Gasteiger partial charge is 0.359 e. The van der Waals surface area contributed by atoms with Gasteiger partial charge in [0.25, 0.3) is 0 Å². The monoisotopic (exact) mass is 197 g/mol. The molecule has 1 heterocycles. The third-order valence-electron chi connectivity index (χ3n) is 2.01. The molecule has 0 amide bonds. The predicted octanol–water partition coefficient (Wildman–Crippen LogP) is 0.209. The number of nitrogens with one attached hydrogen (secondary N) is 2. The van der Waals surface area contributed by atoms with Gasteiger partial charge in [0.2, 0.25) is 11.9 Å². The number of rotatable bonds is 2. The summed E-state index contributed by atoms with van der Waals surface area (Å²) in [7, 11) is 3.81. The lowest BCUT2D eigenvalue weighted by molar-refractivity contribution is 0.595. The van der Waals surface area contributed by atoms with Gasteiger partial charge >= 0.3 is 0 Å². The highest BCUT2D eigenvalue weighted by Crippen LogP contribution is 2.02. The molecule has 0 aromatic rings. The van der Waals surface area contributed by atoms with Crippen LogP contribution in [0.1, 0.15) is 20.3 Å². The molecule has 1 unspecified atom stereocenters. The smallest absolute Gasteiger partial charge is 0.202 e. The number of aliphatic imine (C=N–C) groups is 2. The standard InChI is InChI=1S/C9H19N5/c1-5-6-11-9-13-7(2)12-8(10-3)14(9)4/h7H,5-6H2,1-4H3,(H,10,12)(H,11,13). The number of hydrogen-bond donors (Lipinski definition) is 2. The number of nitrogens with zero attached hydrogens (tertiary/aromatic N) is 3. The molecule has 5 heteroatoms. The minimum absolute atomic E-state index is 0.00648. The first-order valence-electron chi connectivity index (χ1n) is 5.00. The van der Waals surface area contributed by atoms with Gasteiger partial charge in [-0.15, -0.1) is 0 Å². The molecular weight excluding hydrogens is 178 g/mol. The van der Waals surface area contributed by atoms with Crippen LogP contribution in [-0.4, -0.2) is 43.6 Å². The highest BCUT2D eigenvalue weighted by Gasteiger charge is 2.17. The van der Waals surface area contributed by atoms with Gasteiger partial charge in [-0.2, -0.15) is 0 Å². The van der Waals surface area contributed by atoms with Crippen molar-refractivity contribution in [2.45, 2.75) is 26.4 Å². The molecule has 80 valence electrons.